The molecule has 2 aromatic carbocycles. The molecule has 3 rings (SSSR count). The molecule has 1 heterocycles. The second-order valence-electron chi connectivity index (χ2n) is 5.88. The highest BCUT2D eigenvalue weighted by Gasteiger charge is 2.14. The number of aryl methyl sites for hydroxylation is 1. The van der Waals surface area contributed by atoms with Crippen LogP contribution in [0, 0.1) is 12.7 Å². The topological polar surface area (TPSA) is 65.4 Å². The van der Waals surface area contributed by atoms with Gasteiger partial charge in [0.25, 0.3) is 5.91 Å². The van der Waals surface area contributed by atoms with Crippen molar-refractivity contribution in [2.75, 3.05) is 14.2 Å². The summed E-state index contributed by atoms with van der Waals surface area (Å²) in [5, 5.41) is 2.77. The van der Waals surface area contributed by atoms with E-state index >= 15 is 0 Å². The van der Waals surface area contributed by atoms with Crippen molar-refractivity contribution >= 4 is 5.91 Å². The zero-order valence-corrected chi connectivity index (χ0v) is 15.3. The van der Waals surface area contributed by atoms with E-state index in [4.69, 9.17) is 9.47 Å². The van der Waals surface area contributed by atoms with Crippen LogP contribution in [-0.4, -0.2) is 29.7 Å². The normalized spacial score (nSPS) is 10.5. The van der Waals surface area contributed by atoms with Gasteiger partial charge in [-0.05, 0) is 36.8 Å². The van der Waals surface area contributed by atoms with E-state index in [2.05, 4.69) is 10.3 Å². The number of rotatable bonds is 6. The number of hydrogen-bond acceptors (Lipinski definition) is 4. The number of aromatic nitrogens is 2. The Kier molecular flexibility index (Phi) is 5.40. The van der Waals surface area contributed by atoms with Gasteiger partial charge in [0, 0.05) is 25.0 Å². The summed E-state index contributed by atoms with van der Waals surface area (Å²) < 4.78 is 26.5. The first-order chi connectivity index (χ1) is 13.0. The van der Waals surface area contributed by atoms with Crippen LogP contribution in [-0.2, 0) is 6.54 Å². The summed E-state index contributed by atoms with van der Waals surface area (Å²) in [4.78, 5) is 16.5. The van der Waals surface area contributed by atoms with Crippen molar-refractivity contribution in [2.45, 2.75) is 13.5 Å². The molecule has 0 aliphatic carbocycles. The standard InChI is InChI=1S/C20H20FN3O3/c1-13-22-8-9-24(13)18-7-4-14(10-17(18)21)12-23-20(25)16-6-5-15(26-2)11-19(16)27-3/h4-11H,12H2,1-3H3,(H,23,25). The number of amides is 1. The predicted molar refractivity (Wildman–Crippen MR) is 99.0 cm³/mol. The molecule has 1 amide bonds. The van der Waals surface area contributed by atoms with Gasteiger partial charge in [-0.3, -0.25) is 4.79 Å². The maximum atomic E-state index is 14.4. The first kappa shape index (κ1) is 18.4. The van der Waals surface area contributed by atoms with Gasteiger partial charge in [-0.15, -0.1) is 0 Å². The Bertz CT molecular complexity index is 969. The third-order valence-corrected chi connectivity index (χ3v) is 4.20. The number of halogens is 1. The second kappa shape index (κ2) is 7.90. The molecule has 0 atom stereocenters. The third-order valence-electron chi connectivity index (χ3n) is 4.20. The minimum atomic E-state index is -0.384. The Morgan fingerprint density at radius 2 is 2.00 bits per heavy atom. The fourth-order valence-corrected chi connectivity index (χ4v) is 2.75. The number of imidazole rings is 1. The number of carbonyl (C=O) groups excluding carboxylic acids is 1. The number of nitrogens with one attached hydrogen (secondary N) is 1. The summed E-state index contributed by atoms with van der Waals surface area (Å²) in [6, 6.07) is 9.78. The summed E-state index contributed by atoms with van der Waals surface area (Å²) in [7, 11) is 3.02. The average Bonchev–Trinajstić information content (AvgIpc) is 3.11. The minimum Gasteiger partial charge on any atom is -0.497 e. The molecule has 27 heavy (non-hydrogen) atoms. The van der Waals surface area contributed by atoms with Gasteiger partial charge in [-0.1, -0.05) is 6.07 Å². The van der Waals surface area contributed by atoms with E-state index in [0.717, 1.165) is 0 Å². The van der Waals surface area contributed by atoms with Crippen LogP contribution in [0.15, 0.2) is 48.8 Å². The van der Waals surface area contributed by atoms with Crippen LogP contribution in [0.4, 0.5) is 4.39 Å². The van der Waals surface area contributed by atoms with E-state index in [1.165, 1.54) is 20.3 Å². The highest BCUT2D eigenvalue weighted by atomic mass is 19.1. The number of carbonyl (C=O) groups is 1. The van der Waals surface area contributed by atoms with Gasteiger partial charge < -0.3 is 19.4 Å². The van der Waals surface area contributed by atoms with Crippen molar-refractivity contribution in [3.05, 3.63) is 71.6 Å². The van der Waals surface area contributed by atoms with Crippen LogP contribution in [0.5, 0.6) is 11.5 Å². The first-order valence-electron chi connectivity index (χ1n) is 8.32. The maximum absolute atomic E-state index is 14.4. The average molecular weight is 369 g/mol. The van der Waals surface area contributed by atoms with Crippen LogP contribution < -0.4 is 14.8 Å². The van der Waals surface area contributed by atoms with Crippen LogP contribution in [0.2, 0.25) is 0 Å². The van der Waals surface area contributed by atoms with E-state index in [9.17, 15) is 9.18 Å². The van der Waals surface area contributed by atoms with E-state index in [-0.39, 0.29) is 18.3 Å². The molecule has 0 aliphatic heterocycles. The lowest BCUT2D eigenvalue weighted by molar-refractivity contribution is 0.0947. The molecular weight excluding hydrogens is 349 g/mol. The number of hydrogen-bond donors (Lipinski definition) is 1. The minimum absolute atomic E-state index is 0.189. The molecule has 0 saturated heterocycles. The maximum Gasteiger partial charge on any atom is 0.255 e. The van der Waals surface area contributed by atoms with Crippen molar-refractivity contribution in [3.63, 3.8) is 0 Å². The Morgan fingerprint density at radius 1 is 1.19 bits per heavy atom. The number of methoxy groups -OCH3 is 2. The van der Waals surface area contributed by atoms with Crippen molar-refractivity contribution in [1.29, 1.82) is 0 Å². The SMILES string of the molecule is COc1ccc(C(=O)NCc2ccc(-n3ccnc3C)c(F)c2)c(OC)c1. The second-order valence-corrected chi connectivity index (χ2v) is 5.88. The molecule has 6 nitrogen and oxygen atoms in total. The van der Waals surface area contributed by atoms with Gasteiger partial charge in [0.1, 0.15) is 23.1 Å². The lowest BCUT2D eigenvalue weighted by atomic mass is 10.1. The van der Waals surface area contributed by atoms with E-state index in [1.807, 2.05) is 0 Å². The van der Waals surface area contributed by atoms with Crippen LogP contribution in [0.25, 0.3) is 5.69 Å². The van der Waals surface area contributed by atoms with Gasteiger partial charge in [-0.2, -0.15) is 0 Å². The fourth-order valence-electron chi connectivity index (χ4n) is 2.75. The molecule has 0 bridgehead atoms. The van der Waals surface area contributed by atoms with E-state index in [0.29, 0.717) is 34.1 Å². The van der Waals surface area contributed by atoms with Gasteiger partial charge >= 0.3 is 0 Å². The summed E-state index contributed by atoms with van der Waals surface area (Å²) in [5.41, 5.74) is 1.44. The summed E-state index contributed by atoms with van der Waals surface area (Å²) in [6.45, 7) is 1.99. The lowest BCUT2D eigenvalue weighted by Crippen LogP contribution is -2.23. The van der Waals surface area contributed by atoms with Crippen LogP contribution in [0.1, 0.15) is 21.7 Å². The number of ether oxygens (including phenoxy) is 2. The molecule has 0 unspecified atom stereocenters. The van der Waals surface area contributed by atoms with Gasteiger partial charge in [0.05, 0.1) is 25.5 Å². The molecule has 0 fully saturated rings. The zero-order valence-electron chi connectivity index (χ0n) is 15.3. The Balaban J connectivity index is 1.73. The monoisotopic (exact) mass is 369 g/mol. The Hall–Kier alpha value is -3.35. The largest absolute Gasteiger partial charge is 0.497 e. The fraction of sp³-hybridized carbons (Fsp3) is 0.200. The molecule has 1 N–H and O–H groups in total. The highest BCUT2D eigenvalue weighted by Crippen LogP contribution is 2.24. The molecule has 0 spiro atoms. The smallest absolute Gasteiger partial charge is 0.255 e. The van der Waals surface area contributed by atoms with Crippen LogP contribution in [0.3, 0.4) is 0 Å². The summed E-state index contributed by atoms with van der Waals surface area (Å²) >= 11 is 0. The highest BCUT2D eigenvalue weighted by molar-refractivity contribution is 5.97. The predicted octanol–water partition coefficient (Wildman–Crippen LogP) is 3.27. The number of benzene rings is 2. The molecular formula is C20H20FN3O3. The molecule has 140 valence electrons. The molecule has 0 saturated carbocycles. The van der Waals surface area contributed by atoms with E-state index in [1.54, 1.807) is 54.2 Å². The lowest BCUT2D eigenvalue weighted by Gasteiger charge is -2.12. The first-order valence-corrected chi connectivity index (χ1v) is 8.32. The van der Waals surface area contributed by atoms with Crippen LogP contribution >= 0.6 is 0 Å². The number of nitrogens with zero attached hydrogens (tertiary/aromatic N) is 2. The molecule has 0 aliphatic rings. The molecule has 7 heteroatoms. The molecule has 0 radical (unpaired) electrons. The van der Waals surface area contributed by atoms with Crippen molar-refractivity contribution in [1.82, 2.24) is 14.9 Å². The quantitative estimate of drug-likeness (QED) is 0.724. The third kappa shape index (κ3) is 3.92. The Labute approximate surface area is 156 Å². The summed E-state index contributed by atoms with van der Waals surface area (Å²) in [5.74, 6) is 0.996. The van der Waals surface area contributed by atoms with Crippen molar-refractivity contribution < 1.29 is 18.7 Å². The van der Waals surface area contributed by atoms with Gasteiger partial charge in [0.15, 0.2) is 0 Å². The van der Waals surface area contributed by atoms with Crippen molar-refractivity contribution in [3.8, 4) is 17.2 Å². The zero-order chi connectivity index (χ0) is 19.4. The molecule has 1 aromatic heterocycles. The van der Waals surface area contributed by atoms with Gasteiger partial charge in [-0.25, -0.2) is 9.37 Å². The van der Waals surface area contributed by atoms with Gasteiger partial charge in [0.2, 0.25) is 0 Å². The summed E-state index contributed by atoms with van der Waals surface area (Å²) in [6.07, 6.45) is 3.32. The Morgan fingerprint density at radius 3 is 2.63 bits per heavy atom. The van der Waals surface area contributed by atoms with Crippen molar-refractivity contribution in [2.24, 2.45) is 0 Å². The van der Waals surface area contributed by atoms with E-state index < -0.39 is 0 Å². The molecule has 3 aromatic rings.